The van der Waals surface area contributed by atoms with Gasteiger partial charge in [-0.25, -0.2) is 0 Å². The number of methoxy groups -OCH3 is 1. The molecule has 2 unspecified atom stereocenters. The van der Waals surface area contributed by atoms with Crippen LogP contribution in [0.25, 0.3) is 0 Å². The Morgan fingerprint density at radius 3 is 2.92 bits per heavy atom. The van der Waals surface area contributed by atoms with Crippen molar-refractivity contribution in [3.05, 3.63) is 0 Å². The molecule has 1 fully saturated rings. The monoisotopic (exact) mass is 172 g/mol. The van der Waals surface area contributed by atoms with E-state index in [1.807, 2.05) is 6.92 Å². The first-order chi connectivity index (χ1) is 5.70. The fourth-order valence-electron chi connectivity index (χ4n) is 1.39. The summed E-state index contributed by atoms with van der Waals surface area (Å²) in [5.41, 5.74) is 0. The Labute approximate surface area is 70.8 Å². The van der Waals surface area contributed by atoms with E-state index in [1.54, 1.807) is 0 Å². The van der Waals surface area contributed by atoms with Crippen molar-refractivity contribution in [2.75, 3.05) is 13.7 Å². The zero-order chi connectivity index (χ0) is 9.14. The Balaban J connectivity index is 2.66. The minimum absolute atomic E-state index is 0.171. The molecule has 1 saturated heterocycles. The van der Waals surface area contributed by atoms with Crippen LogP contribution in [0, 0.1) is 11.8 Å². The van der Waals surface area contributed by atoms with Crippen LogP contribution in [0.2, 0.25) is 0 Å². The molecule has 4 nitrogen and oxygen atoms in total. The number of hydrogen-bond acceptors (Lipinski definition) is 4. The lowest BCUT2D eigenvalue weighted by Crippen LogP contribution is -2.24. The predicted octanol–water partition coefficient (Wildman–Crippen LogP) is 0.359. The van der Waals surface area contributed by atoms with Crippen molar-refractivity contribution in [2.45, 2.75) is 13.3 Å². The van der Waals surface area contributed by atoms with Crippen molar-refractivity contribution < 1.29 is 19.1 Å². The molecule has 2 atom stereocenters. The van der Waals surface area contributed by atoms with Crippen LogP contribution in [0.5, 0.6) is 0 Å². The molecule has 0 bridgehead atoms. The predicted molar refractivity (Wildman–Crippen MR) is 40.2 cm³/mol. The summed E-state index contributed by atoms with van der Waals surface area (Å²) in [7, 11) is 1.32. The minimum atomic E-state index is -0.396. The van der Waals surface area contributed by atoms with Crippen LogP contribution < -0.4 is 0 Å². The van der Waals surface area contributed by atoms with Gasteiger partial charge in [0.1, 0.15) is 12.5 Å². The van der Waals surface area contributed by atoms with Gasteiger partial charge in [0.05, 0.1) is 13.0 Å². The average molecular weight is 172 g/mol. The van der Waals surface area contributed by atoms with E-state index in [2.05, 4.69) is 4.74 Å². The normalized spacial score (nSPS) is 28.3. The lowest BCUT2D eigenvalue weighted by Gasteiger charge is -2.09. The maximum atomic E-state index is 11.1. The summed E-state index contributed by atoms with van der Waals surface area (Å²) in [4.78, 5) is 22.1. The highest BCUT2D eigenvalue weighted by atomic mass is 16.6. The molecule has 4 heteroatoms. The Morgan fingerprint density at radius 1 is 1.75 bits per heavy atom. The molecule has 0 amide bonds. The summed E-state index contributed by atoms with van der Waals surface area (Å²) in [5, 5.41) is 0. The highest BCUT2D eigenvalue weighted by Crippen LogP contribution is 2.25. The first-order valence-electron chi connectivity index (χ1n) is 3.95. The van der Waals surface area contributed by atoms with E-state index in [1.165, 1.54) is 7.11 Å². The lowest BCUT2D eigenvalue weighted by molar-refractivity contribution is -0.147. The lowest BCUT2D eigenvalue weighted by atomic mass is 9.93. The fourth-order valence-corrected chi connectivity index (χ4v) is 1.39. The van der Waals surface area contributed by atoms with Gasteiger partial charge in [-0.2, -0.15) is 0 Å². The highest BCUT2D eigenvalue weighted by Gasteiger charge is 2.40. The molecule has 0 aromatic rings. The minimum Gasteiger partial charge on any atom is -0.469 e. The summed E-state index contributed by atoms with van der Waals surface area (Å²) < 4.78 is 9.30. The van der Waals surface area contributed by atoms with E-state index in [0.29, 0.717) is 6.42 Å². The maximum absolute atomic E-state index is 11.1. The molecular formula is C8H12O4. The molecular weight excluding hydrogens is 160 g/mol. The van der Waals surface area contributed by atoms with Crippen molar-refractivity contribution in [1.29, 1.82) is 0 Å². The second kappa shape index (κ2) is 3.56. The van der Waals surface area contributed by atoms with E-state index >= 15 is 0 Å². The third kappa shape index (κ3) is 1.42. The SMILES string of the molecule is CCC1C(=O)OCC1C(=O)OC. The van der Waals surface area contributed by atoms with Gasteiger partial charge in [0.15, 0.2) is 0 Å². The van der Waals surface area contributed by atoms with Gasteiger partial charge in [0.25, 0.3) is 0 Å². The second-order valence-electron chi connectivity index (χ2n) is 2.77. The zero-order valence-electron chi connectivity index (χ0n) is 7.20. The van der Waals surface area contributed by atoms with Crippen LogP contribution in [-0.2, 0) is 19.1 Å². The molecule has 0 aromatic heterocycles. The molecule has 0 saturated carbocycles. The molecule has 1 aliphatic rings. The number of cyclic esters (lactones) is 1. The van der Waals surface area contributed by atoms with Crippen molar-refractivity contribution in [2.24, 2.45) is 11.8 Å². The van der Waals surface area contributed by atoms with Crippen molar-refractivity contribution >= 4 is 11.9 Å². The van der Waals surface area contributed by atoms with E-state index in [9.17, 15) is 9.59 Å². The summed E-state index contributed by atoms with van der Waals surface area (Å²) in [6.07, 6.45) is 0.624. The van der Waals surface area contributed by atoms with Crippen LogP contribution in [0.4, 0.5) is 0 Å². The van der Waals surface area contributed by atoms with Gasteiger partial charge in [-0.3, -0.25) is 9.59 Å². The molecule has 12 heavy (non-hydrogen) atoms. The second-order valence-corrected chi connectivity index (χ2v) is 2.77. The van der Waals surface area contributed by atoms with E-state index in [0.717, 1.165) is 0 Å². The van der Waals surface area contributed by atoms with Crippen LogP contribution >= 0.6 is 0 Å². The van der Waals surface area contributed by atoms with Crippen molar-refractivity contribution in [3.63, 3.8) is 0 Å². The summed E-state index contributed by atoms with van der Waals surface area (Å²) in [6.45, 7) is 2.03. The summed E-state index contributed by atoms with van der Waals surface area (Å²) in [5.74, 6) is -1.34. The van der Waals surface area contributed by atoms with Gasteiger partial charge < -0.3 is 9.47 Å². The Kier molecular flexibility index (Phi) is 2.68. The van der Waals surface area contributed by atoms with E-state index in [4.69, 9.17) is 4.74 Å². The molecule has 0 radical (unpaired) electrons. The van der Waals surface area contributed by atoms with Crippen LogP contribution in [-0.4, -0.2) is 25.7 Å². The standard InChI is InChI=1S/C8H12O4/c1-3-5-6(7(9)11-2)4-12-8(5)10/h5-6H,3-4H2,1-2H3. The topological polar surface area (TPSA) is 52.6 Å². The van der Waals surface area contributed by atoms with E-state index in [-0.39, 0.29) is 24.5 Å². The number of hydrogen-bond donors (Lipinski definition) is 0. The third-order valence-corrected chi connectivity index (χ3v) is 2.14. The molecule has 0 aliphatic carbocycles. The van der Waals surface area contributed by atoms with Crippen LogP contribution in [0.1, 0.15) is 13.3 Å². The largest absolute Gasteiger partial charge is 0.469 e. The Bertz CT molecular complexity index is 199. The number of esters is 2. The van der Waals surface area contributed by atoms with Gasteiger partial charge >= 0.3 is 11.9 Å². The van der Waals surface area contributed by atoms with Gasteiger partial charge in [-0.15, -0.1) is 0 Å². The van der Waals surface area contributed by atoms with Crippen LogP contribution in [0.15, 0.2) is 0 Å². The highest BCUT2D eigenvalue weighted by molar-refractivity contribution is 5.84. The fraction of sp³-hybridized carbons (Fsp3) is 0.750. The van der Waals surface area contributed by atoms with Crippen LogP contribution in [0.3, 0.4) is 0 Å². The maximum Gasteiger partial charge on any atom is 0.313 e. The molecule has 1 rings (SSSR count). The van der Waals surface area contributed by atoms with Gasteiger partial charge in [-0.1, -0.05) is 6.92 Å². The van der Waals surface area contributed by atoms with Crippen molar-refractivity contribution in [1.82, 2.24) is 0 Å². The molecule has 0 spiro atoms. The van der Waals surface area contributed by atoms with Gasteiger partial charge in [-0.05, 0) is 6.42 Å². The quantitative estimate of drug-likeness (QED) is 0.564. The average Bonchev–Trinajstić information content (AvgIpc) is 2.45. The molecule has 0 N–H and O–H groups in total. The Hall–Kier alpha value is -1.06. The summed E-state index contributed by atoms with van der Waals surface area (Å²) in [6, 6.07) is 0. The molecule has 1 heterocycles. The number of carbonyl (C=O) groups is 2. The third-order valence-electron chi connectivity index (χ3n) is 2.14. The summed E-state index contributed by atoms with van der Waals surface area (Å²) >= 11 is 0. The molecule has 0 aromatic carbocycles. The van der Waals surface area contributed by atoms with Gasteiger partial charge in [0, 0.05) is 0 Å². The first kappa shape index (κ1) is 9.03. The Morgan fingerprint density at radius 2 is 2.42 bits per heavy atom. The molecule has 68 valence electrons. The van der Waals surface area contributed by atoms with Gasteiger partial charge in [0.2, 0.25) is 0 Å². The van der Waals surface area contributed by atoms with Crippen molar-refractivity contribution in [3.8, 4) is 0 Å². The van der Waals surface area contributed by atoms with E-state index < -0.39 is 5.92 Å². The number of rotatable bonds is 2. The molecule has 1 aliphatic heterocycles. The smallest absolute Gasteiger partial charge is 0.313 e. The first-order valence-corrected chi connectivity index (χ1v) is 3.95. The zero-order valence-corrected chi connectivity index (χ0v) is 7.20. The number of ether oxygens (including phenoxy) is 2. The number of carbonyl (C=O) groups excluding carboxylic acids is 2.